The first-order chi connectivity index (χ1) is 19.4. The molecule has 0 unspecified atom stereocenters. The van der Waals surface area contributed by atoms with E-state index in [1.807, 2.05) is 0 Å². The predicted molar refractivity (Wildman–Crippen MR) is 139 cm³/mol. The number of fused-ring (bicyclic) bond motifs is 2. The highest BCUT2D eigenvalue weighted by molar-refractivity contribution is 8.00. The van der Waals surface area contributed by atoms with Crippen LogP contribution in [-0.4, -0.2) is 82.2 Å². The number of anilines is 2. The van der Waals surface area contributed by atoms with E-state index in [-0.39, 0.29) is 41.3 Å². The Morgan fingerprint density at radius 2 is 2.15 bits per heavy atom. The molecule has 5 rings (SSSR count). The van der Waals surface area contributed by atoms with Gasteiger partial charge in [-0.05, 0) is 13.8 Å². The van der Waals surface area contributed by atoms with Gasteiger partial charge in [0.25, 0.3) is 11.8 Å². The number of carbonyl (C=O) groups is 5. The van der Waals surface area contributed by atoms with Crippen molar-refractivity contribution in [2.75, 3.05) is 16.8 Å². The third-order valence-corrected chi connectivity index (χ3v) is 8.32. The number of oxime groups is 1. The van der Waals surface area contributed by atoms with Gasteiger partial charge in [0.2, 0.25) is 23.0 Å². The number of nitrogens with two attached hydrogens (primary N) is 1. The number of aliphatic carboxylic acids is 2. The topological polar surface area (TPSA) is 238 Å². The van der Waals surface area contributed by atoms with E-state index in [2.05, 4.69) is 25.1 Å². The van der Waals surface area contributed by atoms with E-state index < -0.39 is 46.5 Å². The molecular formula is C22H23N9O8S2. The average molecular weight is 606 g/mol. The maximum absolute atomic E-state index is 13.2. The molecule has 0 radical (unpaired) electrons. The molecule has 5 N–H and O–H groups in total. The number of nitrogens with zero attached hydrogens (tertiary/aromatic N) is 6. The van der Waals surface area contributed by atoms with Crippen molar-refractivity contribution in [2.24, 2.45) is 5.16 Å². The number of rotatable bonds is 9. The van der Waals surface area contributed by atoms with Crippen LogP contribution in [0.5, 0.6) is 0 Å². The van der Waals surface area contributed by atoms with E-state index in [9.17, 15) is 34.2 Å². The Morgan fingerprint density at radius 3 is 2.80 bits per heavy atom. The summed E-state index contributed by atoms with van der Waals surface area (Å²) in [6.07, 6.45) is 1.97. The van der Waals surface area contributed by atoms with Crippen LogP contribution in [0.3, 0.4) is 0 Å². The first kappa shape index (κ1) is 28.0. The van der Waals surface area contributed by atoms with Crippen LogP contribution in [0.4, 0.5) is 10.9 Å². The summed E-state index contributed by atoms with van der Waals surface area (Å²) in [4.78, 5) is 71.6. The first-order valence-electron chi connectivity index (χ1n) is 12.0. The molecule has 2 aromatic heterocycles. The van der Waals surface area contributed by atoms with Crippen molar-refractivity contribution in [3.63, 3.8) is 0 Å². The van der Waals surface area contributed by atoms with Crippen LogP contribution in [0.15, 0.2) is 28.7 Å². The highest BCUT2D eigenvalue weighted by Gasteiger charge is 2.53. The molecule has 19 heteroatoms. The molecule has 0 saturated carbocycles. The number of hydrogen-bond donors (Lipinski definition) is 4. The zero-order valence-corrected chi connectivity index (χ0v) is 23.2. The van der Waals surface area contributed by atoms with Gasteiger partial charge in [0.15, 0.2) is 23.7 Å². The van der Waals surface area contributed by atoms with Crippen molar-refractivity contribution >= 4 is 69.6 Å². The number of carboxylic acids is 2. The van der Waals surface area contributed by atoms with Crippen molar-refractivity contribution < 1.29 is 43.7 Å². The summed E-state index contributed by atoms with van der Waals surface area (Å²) in [7, 11) is 0. The molecule has 0 aliphatic carbocycles. The van der Waals surface area contributed by atoms with Crippen LogP contribution in [0.2, 0.25) is 0 Å². The fourth-order valence-electron chi connectivity index (χ4n) is 4.28. The molecule has 1 fully saturated rings. The molecule has 3 aliphatic heterocycles. The summed E-state index contributed by atoms with van der Waals surface area (Å²) in [6.45, 7) is 2.97. The molecule has 3 amide bonds. The van der Waals surface area contributed by atoms with E-state index in [0.29, 0.717) is 17.9 Å². The minimum absolute atomic E-state index is 0.00694. The summed E-state index contributed by atoms with van der Waals surface area (Å²) in [5.41, 5.74) is 3.42. The SMILES string of the molecule is CC(C)(ON=C(C(=O)N[C@@H]1C(=O)N2C(C(=O)[O-])=C(C[n+]3ccc4n3CCC(=O)N4)CS[C@H]12)c1nsc(N)n1)C(=O)O. The maximum Gasteiger partial charge on any atom is 0.350 e. The maximum atomic E-state index is 13.2. The Kier molecular flexibility index (Phi) is 7.15. The quantitative estimate of drug-likeness (QED) is 0.0984. The lowest BCUT2D eigenvalue weighted by molar-refractivity contribution is -0.767. The Bertz CT molecular complexity index is 1540. The zero-order chi connectivity index (χ0) is 29.6. The monoisotopic (exact) mass is 605 g/mol. The van der Waals surface area contributed by atoms with E-state index >= 15 is 0 Å². The van der Waals surface area contributed by atoms with Crippen LogP contribution in [0.25, 0.3) is 0 Å². The van der Waals surface area contributed by atoms with E-state index in [4.69, 9.17) is 10.6 Å². The number of carboxylic acid groups (broad SMARTS) is 2. The molecule has 0 spiro atoms. The Labute approximate surface area is 239 Å². The van der Waals surface area contributed by atoms with Gasteiger partial charge in [0.05, 0.1) is 30.7 Å². The molecule has 0 aromatic carbocycles. The largest absolute Gasteiger partial charge is 0.543 e. The second-order valence-electron chi connectivity index (χ2n) is 9.62. The highest BCUT2D eigenvalue weighted by Crippen LogP contribution is 2.40. The third-order valence-electron chi connectivity index (χ3n) is 6.44. The van der Waals surface area contributed by atoms with Gasteiger partial charge in [-0.1, -0.05) is 5.16 Å². The van der Waals surface area contributed by atoms with Gasteiger partial charge < -0.3 is 36.2 Å². The number of hydrogen-bond acceptors (Lipinski definition) is 13. The van der Waals surface area contributed by atoms with Gasteiger partial charge in [0, 0.05) is 22.9 Å². The molecule has 2 aromatic rings. The normalized spacial score (nSPS) is 20.5. The fraction of sp³-hybridized carbons (Fsp3) is 0.409. The number of nitrogens with one attached hydrogen (secondary N) is 2. The van der Waals surface area contributed by atoms with Crippen molar-refractivity contribution in [3.8, 4) is 0 Å². The van der Waals surface area contributed by atoms with Gasteiger partial charge in [-0.15, -0.1) is 21.1 Å². The van der Waals surface area contributed by atoms with Gasteiger partial charge >= 0.3 is 5.97 Å². The summed E-state index contributed by atoms with van der Waals surface area (Å²) in [6, 6.07) is 0.557. The third kappa shape index (κ3) is 5.20. The van der Waals surface area contributed by atoms with Crippen molar-refractivity contribution in [2.45, 2.75) is 50.4 Å². The first-order valence-corrected chi connectivity index (χ1v) is 13.9. The molecule has 41 heavy (non-hydrogen) atoms. The minimum Gasteiger partial charge on any atom is -0.543 e. The van der Waals surface area contributed by atoms with E-state index in [1.165, 1.54) is 25.6 Å². The lowest BCUT2D eigenvalue weighted by atomic mass is 10.0. The summed E-state index contributed by atoms with van der Waals surface area (Å²) >= 11 is 2.00. The van der Waals surface area contributed by atoms with Crippen molar-refractivity contribution in [1.29, 1.82) is 0 Å². The number of aromatic nitrogens is 4. The number of β-lactam (4-membered cyclic amide) rings is 1. The molecule has 5 heterocycles. The minimum atomic E-state index is -1.80. The van der Waals surface area contributed by atoms with Crippen LogP contribution < -0.4 is 26.2 Å². The summed E-state index contributed by atoms with van der Waals surface area (Å²) in [5, 5.41) is 29.6. The van der Waals surface area contributed by atoms with Crippen LogP contribution >= 0.6 is 23.3 Å². The van der Waals surface area contributed by atoms with Crippen molar-refractivity contribution in [1.82, 2.24) is 24.3 Å². The Morgan fingerprint density at radius 1 is 1.39 bits per heavy atom. The molecule has 216 valence electrons. The zero-order valence-electron chi connectivity index (χ0n) is 21.5. The molecule has 3 aliphatic rings. The van der Waals surface area contributed by atoms with Gasteiger partial charge in [-0.25, -0.2) is 4.79 Å². The molecule has 1 saturated heterocycles. The standard InChI is InChI=1S/C22H23N9O8S2/c1-22(2,20(37)38)39-27-12(15-26-21(23)41-28-15)16(33)25-13-17(34)31-14(19(35)36)9(8-40-18(13)31)7-29-5-3-10-24-11(32)4-6-30(10)29/h3,5,13,18H,4,6-8H2,1-2H3,(H5,23,25,26,28,33,35,36,37,38)/t13-,18-/m1/s1. The lowest BCUT2D eigenvalue weighted by Crippen LogP contribution is -2.71. The van der Waals surface area contributed by atoms with Gasteiger partial charge in [0.1, 0.15) is 11.4 Å². The Balaban J connectivity index is 1.36. The number of carbonyl (C=O) groups excluding carboxylic acids is 4. The molecule has 17 nitrogen and oxygen atoms in total. The van der Waals surface area contributed by atoms with E-state index in [1.54, 1.807) is 21.6 Å². The van der Waals surface area contributed by atoms with Gasteiger partial charge in [-0.3, -0.25) is 19.3 Å². The second-order valence-corrected chi connectivity index (χ2v) is 11.5. The molecular weight excluding hydrogens is 582 g/mol. The summed E-state index contributed by atoms with van der Waals surface area (Å²) in [5.74, 6) is -4.12. The average Bonchev–Trinajstić information content (AvgIpc) is 3.52. The van der Waals surface area contributed by atoms with Gasteiger partial charge in [-0.2, -0.15) is 9.36 Å². The fourth-order valence-corrected chi connectivity index (χ4v) is 6.05. The number of thioether (sulfide) groups is 1. The van der Waals surface area contributed by atoms with E-state index in [0.717, 1.165) is 16.4 Å². The smallest absolute Gasteiger partial charge is 0.350 e. The summed E-state index contributed by atoms with van der Waals surface area (Å²) < 4.78 is 7.45. The number of nitrogen functional groups attached to an aromatic ring is 1. The van der Waals surface area contributed by atoms with Crippen LogP contribution in [0.1, 0.15) is 26.1 Å². The molecule has 0 bridgehead atoms. The Hall–Kier alpha value is -4.52. The highest BCUT2D eigenvalue weighted by atomic mass is 32.2. The second kappa shape index (κ2) is 10.5. The lowest BCUT2D eigenvalue weighted by Gasteiger charge is -2.50. The van der Waals surface area contributed by atoms with Crippen LogP contribution in [-0.2, 0) is 41.9 Å². The number of amides is 3. The van der Waals surface area contributed by atoms with Crippen molar-refractivity contribution in [3.05, 3.63) is 29.4 Å². The predicted octanol–water partition coefficient (Wildman–Crippen LogP) is -2.76. The van der Waals surface area contributed by atoms with Crippen LogP contribution in [0, 0.1) is 0 Å². The molecule has 2 atom stereocenters.